The van der Waals surface area contributed by atoms with Crippen LogP contribution >= 0.6 is 11.6 Å². The number of hydrogen-bond acceptors (Lipinski definition) is 3. The van der Waals surface area contributed by atoms with E-state index in [9.17, 15) is 14.7 Å². The molecule has 0 aliphatic carbocycles. The molecular weight excluding hydrogens is 206 g/mol. The van der Waals surface area contributed by atoms with E-state index in [1.165, 1.54) is 12.1 Å². The number of carboxylic acid groups (broad SMARTS) is 1. The molecule has 0 heterocycles. The predicted molar refractivity (Wildman–Crippen MR) is 48.8 cm³/mol. The average Bonchev–Trinajstić information content (AvgIpc) is 2.14. The number of hydrogen-bond donors (Lipinski definition) is 1. The first-order valence-electron chi connectivity index (χ1n) is 3.83. The Morgan fingerprint density at radius 3 is 2.71 bits per heavy atom. The quantitative estimate of drug-likeness (QED) is 0.756. The van der Waals surface area contributed by atoms with Crippen molar-refractivity contribution in [1.82, 2.24) is 5.32 Å². The van der Waals surface area contributed by atoms with Gasteiger partial charge in [-0.25, -0.2) is 0 Å². The molecule has 0 aromatic heterocycles. The molecule has 5 heteroatoms. The van der Waals surface area contributed by atoms with Gasteiger partial charge in [0.25, 0.3) is 5.91 Å². The number of carboxylic acids is 1. The maximum atomic E-state index is 11.2. The maximum absolute atomic E-state index is 11.2. The molecule has 0 aliphatic heterocycles. The second kappa shape index (κ2) is 4.62. The monoisotopic (exact) mass is 212 g/mol. The van der Waals surface area contributed by atoms with Gasteiger partial charge in [-0.15, -0.1) is 0 Å². The number of rotatable bonds is 3. The van der Waals surface area contributed by atoms with Crippen molar-refractivity contribution in [3.05, 3.63) is 34.9 Å². The van der Waals surface area contributed by atoms with Crippen molar-refractivity contribution in [1.29, 1.82) is 0 Å². The van der Waals surface area contributed by atoms with E-state index < -0.39 is 18.4 Å². The lowest BCUT2D eigenvalue weighted by Gasteiger charge is -2.05. The second-order valence-corrected chi connectivity index (χ2v) is 3.00. The molecule has 0 fully saturated rings. The maximum Gasteiger partial charge on any atom is 0.251 e. The summed E-state index contributed by atoms with van der Waals surface area (Å²) in [6.07, 6.45) is 0. The summed E-state index contributed by atoms with van der Waals surface area (Å²) in [5.41, 5.74) is 0.318. The van der Waals surface area contributed by atoms with Gasteiger partial charge in [0.2, 0.25) is 0 Å². The van der Waals surface area contributed by atoms with E-state index in [4.69, 9.17) is 11.6 Å². The summed E-state index contributed by atoms with van der Waals surface area (Å²) in [6, 6.07) is 6.22. The van der Waals surface area contributed by atoms with Crippen LogP contribution in [0.4, 0.5) is 0 Å². The van der Waals surface area contributed by atoms with Crippen molar-refractivity contribution >= 4 is 23.5 Å². The SMILES string of the molecule is O=C([O-])CNC(=O)c1cccc(Cl)c1. The molecule has 1 aromatic carbocycles. The molecule has 0 spiro atoms. The van der Waals surface area contributed by atoms with Crippen LogP contribution in [0, 0.1) is 0 Å². The Hall–Kier alpha value is -1.55. The van der Waals surface area contributed by atoms with E-state index in [-0.39, 0.29) is 0 Å². The zero-order valence-corrected chi connectivity index (χ0v) is 7.88. The molecule has 0 unspecified atom stereocenters. The van der Waals surface area contributed by atoms with Crippen molar-refractivity contribution in [2.24, 2.45) is 0 Å². The summed E-state index contributed by atoms with van der Waals surface area (Å²) in [6.45, 7) is -0.509. The first-order valence-corrected chi connectivity index (χ1v) is 4.21. The molecule has 0 saturated carbocycles. The van der Waals surface area contributed by atoms with Gasteiger partial charge in [0.1, 0.15) is 0 Å². The number of aliphatic carboxylic acids is 1. The third-order valence-corrected chi connectivity index (χ3v) is 1.72. The molecule has 1 aromatic rings. The van der Waals surface area contributed by atoms with Crippen molar-refractivity contribution in [3.8, 4) is 0 Å². The van der Waals surface area contributed by atoms with Gasteiger partial charge in [0, 0.05) is 10.6 Å². The zero-order valence-electron chi connectivity index (χ0n) is 7.12. The third-order valence-electron chi connectivity index (χ3n) is 1.48. The van der Waals surface area contributed by atoms with Crippen LogP contribution in [-0.4, -0.2) is 18.4 Å². The molecule has 1 rings (SSSR count). The highest BCUT2D eigenvalue weighted by Gasteiger charge is 2.04. The number of carbonyl (C=O) groups is 2. The van der Waals surface area contributed by atoms with E-state index in [1.54, 1.807) is 12.1 Å². The summed E-state index contributed by atoms with van der Waals surface area (Å²) in [7, 11) is 0. The molecule has 0 radical (unpaired) electrons. The van der Waals surface area contributed by atoms with Gasteiger partial charge in [-0.2, -0.15) is 0 Å². The third kappa shape index (κ3) is 3.06. The molecule has 0 aliphatic rings. The minimum absolute atomic E-state index is 0.318. The smallest absolute Gasteiger partial charge is 0.251 e. The van der Waals surface area contributed by atoms with Crippen molar-refractivity contribution in [3.63, 3.8) is 0 Å². The lowest BCUT2D eigenvalue weighted by atomic mass is 10.2. The topological polar surface area (TPSA) is 69.2 Å². The molecule has 1 N–H and O–H groups in total. The van der Waals surface area contributed by atoms with E-state index in [1.807, 2.05) is 0 Å². The van der Waals surface area contributed by atoms with Gasteiger partial charge >= 0.3 is 0 Å². The van der Waals surface area contributed by atoms with Crippen LogP contribution in [0.3, 0.4) is 0 Å². The van der Waals surface area contributed by atoms with Crippen LogP contribution in [0.15, 0.2) is 24.3 Å². The van der Waals surface area contributed by atoms with Crippen molar-refractivity contribution in [2.75, 3.05) is 6.54 Å². The van der Waals surface area contributed by atoms with Crippen LogP contribution in [0.2, 0.25) is 5.02 Å². The summed E-state index contributed by atoms with van der Waals surface area (Å²) < 4.78 is 0. The number of halogens is 1. The van der Waals surface area contributed by atoms with Gasteiger partial charge < -0.3 is 15.2 Å². The van der Waals surface area contributed by atoms with Crippen LogP contribution in [0.25, 0.3) is 0 Å². The van der Waals surface area contributed by atoms with Gasteiger partial charge in [-0.3, -0.25) is 4.79 Å². The second-order valence-electron chi connectivity index (χ2n) is 2.57. The highest BCUT2D eigenvalue weighted by atomic mass is 35.5. The van der Waals surface area contributed by atoms with E-state index in [0.29, 0.717) is 10.6 Å². The number of amides is 1. The van der Waals surface area contributed by atoms with Crippen LogP contribution in [-0.2, 0) is 4.79 Å². The Bertz CT molecular complexity index is 365. The summed E-state index contributed by atoms with van der Waals surface area (Å²) in [5.74, 6) is -1.82. The Balaban J connectivity index is 2.65. The van der Waals surface area contributed by atoms with Crippen LogP contribution < -0.4 is 10.4 Å². The molecule has 0 bridgehead atoms. The Kier molecular flexibility index (Phi) is 3.48. The molecule has 74 valence electrons. The molecule has 1 amide bonds. The van der Waals surface area contributed by atoms with Crippen LogP contribution in [0.1, 0.15) is 10.4 Å². The van der Waals surface area contributed by atoms with E-state index >= 15 is 0 Å². The van der Waals surface area contributed by atoms with Gasteiger partial charge in [0.05, 0.1) is 12.5 Å². The summed E-state index contributed by atoms with van der Waals surface area (Å²) in [4.78, 5) is 21.3. The van der Waals surface area contributed by atoms with Crippen molar-refractivity contribution in [2.45, 2.75) is 0 Å². The lowest BCUT2D eigenvalue weighted by Crippen LogP contribution is -2.37. The zero-order chi connectivity index (χ0) is 10.6. The fraction of sp³-hybridized carbons (Fsp3) is 0.111. The van der Waals surface area contributed by atoms with E-state index in [2.05, 4.69) is 5.32 Å². The molecule has 0 atom stereocenters. The number of carbonyl (C=O) groups excluding carboxylic acids is 2. The molecular formula is C9H7ClNO3-. The minimum atomic E-state index is -1.33. The molecule has 14 heavy (non-hydrogen) atoms. The van der Waals surface area contributed by atoms with Gasteiger partial charge in [-0.1, -0.05) is 17.7 Å². The van der Waals surface area contributed by atoms with Crippen LogP contribution in [0.5, 0.6) is 0 Å². The standard InChI is InChI=1S/C9H8ClNO3/c10-7-3-1-2-6(4-7)9(14)11-5-8(12)13/h1-4H,5H2,(H,11,14)(H,12,13)/p-1. The lowest BCUT2D eigenvalue weighted by molar-refractivity contribution is -0.303. The van der Waals surface area contributed by atoms with E-state index in [0.717, 1.165) is 0 Å². The summed E-state index contributed by atoms with van der Waals surface area (Å²) in [5, 5.41) is 12.6. The first kappa shape index (κ1) is 10.5. The average molecular weight is 213 g/mol. The van der Waals surface area contributed by atoms with Crippen molar-refractivity contribution < 1.29 is 14.7 Å². The highest BCUT2D eigenvalue weighted by Crippen LogP contribution is 2.10. The Labute approximate surface area is 85.5 Å². The largest absolute Gasteiger partial charge is 0.548 e. The molecule has 4 nitrogen and oxygen atoms in total. The highest BCUT2D eigenvalue weighted by molar-refractivity contribution is 6.30. The first-order chi connectivity index (χ1) is 6.59. The number of benzene rings is 1. The number of nitrogens with one attached hydrogen (secondary N) is 1. The Morgan fingerprint density at radius 2 is 2.14 bits per heavy atom. The Morgan fingerprint density at radius 1 is 1.43 bits per heavy atom. The fourth-order valence-corrected chi connectivity index (χ4v) is 1.07. The normalized spacial score (nSPS) is 9.50. The van der Waals surface area contributed by atoms with Gasteiger partial charge in [0.15, 0.2) is 0 Å². The summed E-state index contributed by atoms with van der Waals surface area (Å²) >= 11 is 5.64. The molecule has 0 saturated heterocycles. The predicted octanol–water partition coefficient (Wildman–Crippen LogP) is -0.180. The minimum Gasteiger partial charge on any atom is -0.548 e. The fourth-order valence-electron chi connectivity index (χ4n) is 0.884. The van der Waals surface area contributed by atoms with Gasteiger partial charge in [-0.05, 0) is 18.2 Å².